The van der Waals surface area contributed by atoms with Crippen LogP contribution in [0.2, 0.25) is 0 Å². The maximum absolute atomic E-state index is 10.7. The predicted molar refractivity (Wildman–Crippen MR) is 62.6 cm³/mol. The quantitative estimate of drug-likeness (QED) is 0.414. The first-order chi connectivity index (χ1) is 7.35. The number of non-ortho nitro benzene ring substituents is 1. The van der Waals surface area contributed by atoms with Crippen LogP contribution in [0.15, 0.2) is 18.2 Å². The van der Waals surface area contributed by atoms with Gasteiger partial charge in [0.15, 0.2) is 5.71 Å². The van der Waals surface area contributed by atoms with Gasteiger partial charge >= 0.3 is 0 Å². The first-order valence-electron chi connectivity index (χ1n) is 5.22. The molecule has 0 N–H and O–H groups in total. The van der Waals surface area contributed by atoms with Gasteiger partial charge in [-0.1, -0.05) is 0 Å². The van der Waals surface area contributed by atoms with Gasteiger partial charge in [0.25, 0.3) is 5.69 Å². The summed E-state index contributed by atoms with van der Waals surface area (Å²) in [7, 11) is 1.95. The molecule has 2 rings (SSSR count). The lowest BCUT2D eigenvalue weighted by Gasteiger charge is -2.14. The van der Waals surface area contributed by atoms with Gasteiger partial charge in [-0.2, -0.15) is 0 Å². The van der Waals surface area contributed by atoms with Gasteiger partial charge in [-0.15, -0.1) is 0 Å². The van der Waals surface area contributed by atoms with Crippen molar-refractivity contribution in [2.45, 2.75) is 26.2 Å². The van der Waals surface area contributed by atoms with Crippen molar-refractivity contribution in [3.63, 3.8) is 0 Å². The highest BCUT2D eigenvalue weighted by Gasteiger charge is 2.42. The Kier molecular flexibility index (Phi) is 2.12. The number of benzene rings is 1. The van der Waals surface area contributed by atoms with Crippen LogP contribution in [0.3, 0.4) is 0 Å². The van der Waals surface area contributed by atoms with E-state index in [1.54, 1.807) is 12.1 Å². The molecule has 0 fully saturated rings. The number of nitro groups is 1. The van der Waals surface area contributed by atoms with Gasteiger partial charge in [0.1, 0.15) is 7.05 Å². The van der Waals surface area contributed by atoms with Crippen molar-refractivity contribution in [3.8, 4) is 0 Å². The molecule has 1 aromatic carbocycles. The summed E-state index contributed by atoms with van der Waals surface area (Å²) in [6.45, 7) is 6.33. The van der Waals surface area contributed by atoms with Crippen molar-refractivity contribution < 1.29 is 9.50 Å². The maximum atomic E-state index is 10.7. The first kappa shape index (κ1) is 10.8. The Labute approximate surface area is 94.4 Å². The molecule has 1 heterocycles. The summed E-state index contributed by atoms with van der Waals surface area (Å²) in [5, 5.41) is 10.7. The summed E-state index contributed by atoms with van der Waals surface area (Å²) in [6, 6.07) is 5.08. The molecule has 0 amide bonds. The molecule has 1 aromatic rings. The fraction of sp³-hybridized carbons (Fsp3) is 0.417. The van der Waals surface area contributed by atoms with E-state index in [2.05, 4.69) is 20.8 Å². The predicted octanol–water partition coefficient (Wildman–Crippen LogP) is 2.62. The van der Waals surface area contributed by atoms with Crippen LogP contribution < -0.4 is 0 Å². The molecule has 1 aliphatic heterocycles. The highest BCUT2D eigenvalue weighted by atomic mass is 16.6. The molecule has 0 unspecified atom stereocenters. The van der Waals surface area contributed by atoms with Gasteiger partial charge in [-0.05, 0) is 19.9 Å². The lowest BCUT2D eigenvalue weighted by Crippen LogP contribution is -2.25. The standard InChI is InChI=1S/C12H15N2O2/c1-8-12(2,3)10-6-5-9(14(15)16)7-11(10)13(8)4/h5-7H,1-4H3/q+1. The van der Waals surface area contributed by atoms with Crippen molar-refractivity contribution in [1.82, 2.24) is 0 Å². The molecule has 0 aliphatic carbocycles. The summed E-state index contributed by atoms with van der Waals surface area (Å²) >= 11 is 0. The van der Waals surface area contributed by atoms with Gasteiger partial charge in [-0.25, -0.2) is 4.58 Å². The second kappa shape index (κ2) is 3.14. The molecule has 0 aromatic heterocycles. The second-order valence-corrected chi connectivity index (χ2v) is 4.73. The van der Waals surface area contributed by atoms with Crippen molar-refractivity contribution in [3.05, 3.63) is 33.9 Å². The molecule has 0 bridgehead atoms. The number of nitro benzene ring substituents is 1. The zero-order chi connectivity index (χ0) is 12.1. The molecular weight excluding hydrogens is 204 g/mol. The minimum Gasteiger partial charge on any atom is -0.258 e. The Balaban J connectivity index is 2.68. The number of rotatable bonds is 1. The lowest BCUT2D eigenvalue weighted by molar-refractivity contribution is -0.406. The van der Waals surface area contributed by atoms with Crippen LogP contribution in [0.4, 0.5) is 11.4 Å². The second-order valence-electron chi connectivity index (χ2n) is 4.73. The maximum Gasteiger partial charge on any atom is 0.276 e. The Morgan fingerprint density at radius 3 is 2.56 bits per heavy atom. The zero-order valence-electron chi connectivity index (χ0n) is 9.94. The monoisotopic (exact) mass is 219 g/mol. The normalized spacial score (nSPS) is 17.5. The third-order valence-electron chi connectivity index (χ3n) is 3.63. The summed E-state index contributed by atoms with van der Waals surface area (Å²) in [5.41, 5.74) is 3.41. The van der Waals surface area contributed by atoms with Crippen LogP contribution in [0.1, 0.15) is 26.3 Å². The molecule has 0 radical (unpaired) electrons. The SMILES string of the molecule is CC1=[N+](C)c2cc([N+](=O)[O-])ccc2C1(C)C. The van der Waals surface area contributed by atoms with Gasteiger partial charge in [0, 0.05) is 18.6 Å². The third-order valence-corrected chi connectivity index (χ3v) is 3.63. The Hall–Kier alpha value is -1.71. The van der Waals surface area contributed by atoms with E-state index in [0.29, 0.717) is 0 Å². The van der Waals surface area contributed by atoms with E-state index in [1.165, 1.54) is 5.71 Å². The van der Waals surface area contributed by atoms with E-state index in [0.717, 1.165) is 11.3 Å². The van der Waals surface area contributed by atoms with Crippen molar-refractivity contribution in [2.75, 3.05) is 7.05 Å². The minimum atomic E-state index is -0.352. The average Bonchev–Trinajstić information content (AvgIpc) is 2.40. The highest BCUT2D eigenvalue weighted by Crippen LogP contribution is 2.40. The first-order valence-corrected chi connectivity index (χ1v) is 5.22. The molecule has 0 atom stereocenters. The third kappa shape index (κ3) is 1.26. The van der Waals surface area contributed by atoms with Crippen LogP contribution in [-0.2, 0) is 5.41 Å². The summed E-state index contributed by atoms with van der Waals surface area (Å²) in [5.74, 6) is 0. The topological polar surface area (TPSA) is 46.1 Å². The number of fused-ring (bicyclic) bond motifs is 1. The molecular formula is C12H15N2O2+. The summed E-state index contributed by atoms with van der Waals surface area (Å²) in [4.78, 5) is 10.4. The fourth-order valence-corrected chi connectivity index (χ4v) is 2.23. The lowest BCUT2D eigenvalue weighted by atomic mass is 9.82. The number of nitrogens with zero attached hydrogens (tertiary/aromatic N) is 2. The van der Waals surface area contributed by atoms with Crippen LogP contribution >= 0.6 is 0 Å². The largest absolute Gasteiger partial charge is 0.276 e. The summed E-state index contributed by atoms with van der Waals surface area (Å²) in [6.07, 6.45) is 0. The number of hydrogen-bond donors (Lipinski definition) is 0. The molecule has 84 valence electrons. The van der Waals surface area contributed by atoms with Crippen molar-refractivity contribution >= 4 is 17.1 Å². The van der Waals surface area contributed by atoms with Gasteiger partial charge in [-0.3, -0.25) is 10.1 Å². The van der Waals surface area contributed by atoms with E-state index in [9.17, 15) is 10.1 Å². The van der Waals surface area contributed by atoms with E-state index >= 15 is 0 Å². The summed E-state index contributed by atoms with van der Waals surface area (Å²) < 4.78 is 2.03. The highest BCUT2D eigenvalue weighted by molar-refractivity contribution is 5.93. The zero-order valence-corrected chi connectivity index (χ0v) is 9.94. The molecule has 0 spiro atoms. The Morgan fingerprint density at radius 2 is 2.00 bits per heavy atom. The van der Waals surface area contributed by atoms with Crippen molar-refractivity contribution in [2.24, 2.45) is 0 Å². The molecule has 16 heavy (non-hydrogen) atoms. The van der Waals surface area contributed by atoms with Crippen LogP contribution in [0.5, 0.6) is 0 Å². The molecule has 0 saturated carbocycles. The van der Waals surface area contributed by atoms with Crippen LogP contribution in [-0.4, -0.2) is 22.3 Å². The molecule has 1 aliphatic rings. The van der Waals surface area contributed by atoms with Gasteiger partial charge < -0.3 is 0 Å². The van der Waals surface area contributed by atoms with E-state index < -0.39 is 0 Å². The Morgan fingerprint density at radius 1 is 1.38 bits per heavy atom. The van der Waals surface area contributed by atoms with E-state index in [1.807, 2.05) is 17.7 Å². The Bertz CT molecular complexity index is 516. The van der Waals surface area contributed by atoms with Gasteiger partial charge in [0.05, 0.1) is 16.4 Å². The van der Waals surface area contributed by atoms with Crippen LogP contribution in [0, 0.1) is 10.1 Å². The molecule has 4 heteroatoms. The van der Waals surface area contributed by atoms with Crippen LogP contribution in [0.25, 0.3) is 0 Å². The fourth-order valence-electron chi connectivity index (χ4n) is 2.23. The average molecular weight is 219 g/mol. The molecule has 4 nitrogen and oxygen atoms in total. The minimum absolute atomic E-state index is 0.0424. The molecule has 0 saturated heterocycles. The van der Waals surface area contributed by atoms with Gasteiger partial charge in [0.2, 0.25) is 5.69 Å². The smallest absolute Gasteiger partial charge is 0.258 e. The van der Waals surface area contributed by atoms with E-state index in [4.69, 9.17) is 0 Å². The number of hydrogen-bond acceptors (Lipinski definition) is 2. The van der Waals surface area contributed by atoms with E-state index in [-0.39, 0.29) is 16.0 Å². The van der Waals surface area contributed by atoms with Crippen molar-refractivity contribution in [1.29, 1.82) is 0 Å².